The highest BCUT2D eigenvalue weighted by atomic mass is 31.2. The fourth-order valence-electron chi connectivity index (χ4n) is 4.54. The second-order valence-electron chi connectivity index (χ2n) is 12.7. The van der Waals surface area contributed by atoms with Crippen molar-refractivity contribution in [2.45, 2.75) is 142 Å². The lowest BCUT2D eigenvalue weighted by Crippen LogP contribution is -2.34. The summed E-state index contributed by atoms with van der Waals surface area (Å²) in [6.07, 6.45) is 43.9. The molecule has 54 heavy (non-hydrogen) atoms. The van der Waals surface area contributed by atoms with E-state index in [1.54, 1.807) is 0 Å². The summed E-state index contributed by atoms with van der Waals surface area (Å²) in [7, 11) is -4.74. The van der Waals surface area contributed by atoms with E-state index in [1.165, 1.54) is 12.8 Å². The van der Waals surface area contributed by atoms with Gasteiger partial charge in [-0.15, -0.1) is 0 Å². The summed E-state index contributed by atoms with van der Waals surface area (Å²) in [5.74, 6) is -2.51. The third-order valence-corrected chi connectivity index (χ3v) is 8.59. The Morgan fingerprint density at radius 2 is 1.07 bits per heavy atom. The molecule has 3 unspecified atom stereocenters. The van der Waals surface area contributed by atoms with Crippen molar-refractivity contribution in [3.05, 3.63) is 85.1 Å². The van der Waals surface area contributed by atoms with Gasteiger partial charge < -0.3 is 25.2 Å². The predicted molar refractivity (Wildman–Crippen MR) is 217 cm³/mol. The first kappa shape index (κ1) is 50.7. The van der Waals surface area contributed by atoms with Gasteiger partial charge in [-0.3, -0.25) is 23.4 Å². The van der Waals surface area contributed by atoms with E-state index in [0.717, 1.165) is 70.6 Å². The molecule has 0 aromatic heterocycles. The molecule has 12 heteroatoms. The number of phosphoric acid groups is 1. The van der Waals surface area contributed by atoms with Crippen LogP contribution in [0.1, 0.15) is 129 Å². The first-order valence-corrected chi connectivity index (χ1v) is 21.1. The standard InChI is InChI=1S/C42H68NO10P/c1-3-5-7-9-11-13-15-16-17-18-19-20-21-22-24-26-28-30-32-34-41(45)53-38(36-51-54(48,49)52-37-39(43)42(46)47)35-50-40(44)33-31-29-27-25-23-14-12-10-8-6-4-2/h5,7,10-13,16-17,19-20,22,24,28,30,38-39H,3-4,6,8-9,14-15,18,21,23,25-27,29,31-37,43H2,1-2H3,(H,46,47)(H,48,49). The number of carbonyl (C=O) groups is 3. The largest absolute Gasteiger partial charge is 0.480 e. The number of allylic oxidation sites excluding steroid dienone is 14. The number of unbranched alkanes of at least 4 members (excludes halogenated alkanes) is 7. The van der Waals surface area contributed by atoms with Gasteiger partial charge in [-0.05, 0) is 70.6 Å². The van der Waals surface area contributed by atoms with Gasteiger partial charge in [0.1, 0.15) is 12.6 Å². The number of aliphatic carboxylic acids is 1. The van der Waals surface area contributed by atoms with Gasteiger partial charge in [-0.1, -0.05) is 131 Å². The van der Waals surface area contributed by atoms with Crippen LogP contribution in [0.15, 0.2) is 85.1 Å². The number of phosphoric ester groups is 1. The zero-order chi connectivity index (χ0) is 40.0. The minimum atomic E-state index is -4.74. The van der Waals surface area contributed by atoms with E-state index in [2.05, 4.69) is 85.2 Å². The van der Waals surface area contributed by atoms with E-state index in [0.29, 0.717) is 19.3 Å². The quantitative estimate of drug-likeness (QED) is 0.0242. The summed E-state index contributed by atoms with van der Waals surface area (Å²) >= 11 is 0. The Balaban J connectivity index is 4.58. The maximum atomic E-state index is 12.5. The van der Waals surface area contributed by atoms with Crippen LogP contribution in [-0.2, 0) is 37.5 Å². The van der Waals surface area contributed by atoms with Gasteiger partial charge in [0.05, 0.1) is 13.2 Å². The number of nitrogens with two attached hydrogens (primary N) is 1. The first-order chi connectivity index (χ1) is 26.1. The first-order valence-electron chi connectivity index (χ1n) is 19.6. The minimum absolute atomic E-state index is 0.0297. The van der Waals surface area contributed by atoms with Crippen LogP contribution in [0.2, 0.25) is 0 Å². The van der Waals surface area contributed by atoms with Crippen LogP contribution in [0.5, 0.6) is 0 Å². The average Bonchev–Trinajstić information content (AvgIpc) is 3.14. The van der Waals surface area contributed by atoms with Crippen molar-refractivity contribution in [2.24, 2.45) is 5.73 Å². The number of carboxylic acids is 1. The topological polar surface area (TPSA) is 172 Å². The van der Waals surface area contributed by atoms with Crippen LogP contribution in [0.3, 0.4) is 0 Å². The van der Waals surface area contributed by atoms with Crippen molar-refractivity contribution in [3.8, 4) is 0 Å². The molecule has 4 N–H and O–H groups in total. The summed E-state index contributed by atoms with van der Waals surface area (Å²) in [6.45, 7) is 2.53. The van der Waals surface area contributed by atoms with Gasteiger partial charge in [0.25, 0.3) is 0 Å². The second kappa shape index (κ2) is 36.6. The van der Waals surface area contributed by atoms with Crippen LogP contribution < -0.4 is 5.73 Å². The molecule has 0 aromatic carbocycles. The third-order valence-electron chi connectivity index (χ3n) is 7.64. The number of carboxylic acid groups (broad SMARTS) is 1. The van der Waals surface area contributed by atoms with Crippen LogP contribution in [0.25, 0.3) is 0 Å². The molecule has 0 amide bonds. The molecule has 0 aromatic rings. The zero-order valence-corrected chi connectivity index (χ0v) is 33.7. The predicted octanol–water partition coefficient (Wildman–Crippen LogP) is 9.94. The maximum Gasteiger partial charge on any atom is 0.472 e. The molecule has 0 radical (unpaired) electrons. The lowest BCUT2D eigenvalue weighted by molar-refractivity contribution is -0.161. The Morgan fingerprint density at radius 3 is 1.63 bits per heavy atom. The highest BCUT2D eigenvalue weighted by molar-refractivity contribution is 7.47. The summed E-state index contributed by atoms with van der Waals surface area (Å²) in [6, 6.07) is -1.54. The lowest BCUT2D eigenvalue weighted by atomic mass is 10.1. The Labute approximate surface area is 324 Å². The van der Waals surface area contributed by atoms with Crippen molar-refractivity contribution >= 4 is 25.7 Å². The Morgan fingerprint density at radius 1 is 0.593 bits per heavy atom. The van der Waals surface area contributed by atoms with Crippen LogP contribution in [0.4, 0.5) is 0 Å². The van der Waals surface area contributed by atoms with E-state index in [4.69, 9.17) is 24.8 Å². The van der Waals surface area contributed by atoms with Crippen molar-refractivity contribution in [2.75, 3.05) is 19.8 Å². The fraction of sp³-hybridized carbons (Fsp3) is 0.595. The van der Waals surface area contributed by atoms with Gasteiger partial charge in [-0.25, -0.2) is 4.57 Å². The molecule has 306 valence electrons. The number of hydrogen-bond acceptors (Lipinski definition) is 9. The number of hydrogen-bond donors (Lipinski definition) is 3. The summed E-state index contributed by atoms with van der Waals surface area (Å²) in [5, 5.41) is 8.86. The lowest BCUT2D eigenvalue weighted by Gasteiger charge is -2.20. The summed E-state index contributed by atoms with van der Waals surface area (Å²) in [4.78, 5) is 45.7. The van der Waals surface area contributed by atoms with E-state index in [1.807, 2.05) is 18.2 Å². The van der Waals surface area contributed by atoms with E-state index < -0.39 is 51.1 Å². The normalized spacial score (nSPS) is 14.7. The summed E-state index contributed by atoms with van der Waals surface area (Å²) < 4.78 is 32.5. The molecule has 0 aliphatic rings. The van der Waals surface area contributed by atoms with Crippen molar-refractivity contribution < 1.29 is 47.5 Å². The molecule has 3 atom stereocenters. The average molecular weight is 778 g/mol. The number of rotatable bonds is 35. The Hall–Kier alpha value is -3.34. The highest BCUT2D eigenvalue weighted by Gasteiger charge is 2.28. The molecule has 0 saturated carbocycles. The molecule has 0 aliphatic heterocycles. The smallest absolute Gasteiger partial charge is 0.472 e. The van der Waals surface area contributed by atoms with Gasteiger partial charge in [0.15, 0.2) is 6.10 Å². The molecule has 0 rings (SSSR count). The molecular formula is C42H68NO10P. The Kier molecular flexibility index (Phi) is 34.4. The SMILES string of the molecule is CCC=CCC=CCC=CCC=CCC=CCC=CCCC(=O)OC(COC(=O)CCCCCCCC=CCCCC)COP(=O)(O)OCC(N)C(=O)O. The van der Waals surface area contributed by atoms with Gasteiger partial charge in [0, 0.05) is 12.8 Å². The van der Waals surface area contributed by atoms with Crippen LogP contribution >= 0.6 is 7.82 Å². The van der Waals surface area contributed by atoms with E-state index in [-0.39, 0.29) is 19.4 Å². The van der Waals surface area contributed by atoms with Crippen molar-refractivity contribution in [3.63, 3.8) is 0 Å². The maximum absolute atomic E-state index is 12.5. The fourth-order valence-corrected chi connectivity index (χ4v) is 5.32. The molecule has 0 heterocycles. The molecular weight excluding hydrogens is 709 g/mol. The monoisotopic (exact) mass is 777 g/mol. The molecule has 11 nitrogen and oxygen atoms in total. The zero-order valence-electron chi connectivity index (χ0n) is 32.8. The number of ether oxygens (including phenoxy) is 2. The molecule has 0 spiro atoms. The number of carbonyl (C=O) groups excluding carboxylic acids is 2. The molecule has 0 saturated heterocycles. The molecule has 0 aliphatic carbocycles. The second-order valence-corrected chi connectivity index (χ2v) is 14.1. The van der Waals surface area contributed by atoms with Gasteiger partial charge >= 0.3 is 25.7 Å². The van der Waals surface area contributed by atoms with E-state index >= 15 is 0 Å². The minimum Gasteiger partial charge on any atom is -0.480 e. The van der Waals surface area contributed by atoms with Crippen molar-refractivity contribution in [1.82, 2.24) is 0 Å². The van der Waals surface area contributed by atoms with Crippen LogP contribution in [0, 0.1) is 0 Å². The Bertz CT molecular complexity index is 1240. The van der Waals surface area contributed by atoms with Gasteiger partial charge in [0.2, 0.25) is 0 Å². The molecule has 0 fully saturated rings. The highest BCUT2D eigenvalue weighted by Crippen LogP contribution is 2.43. The number of esters is 2. The third kappa shape index (κ3) is 35.7. The van der Waals surface area contributed by atoms with E-state index in [9.17, 15) is 23.8 Å². The molecule has 0 bridgehead atoms. The van der Waals surface area contributed by atoms with Crippen molar-refractivity contribution in [1.29, 1.82) is 0 Å². The summed E-state index contributed by atoms with van der Waals surface area (Å²) in [5.41, 5.74) is 5.31. The van der Waals surface area contributed by atoms with Crippen LogP contribution in [-0.4, -0.2) is 59.9 Å². The van der Waals surface area contributed by atoms with Gasteiger partial charge in [-0.2, -0.15) is 0 Å².